The van der Waals surface area contributed by atoms with Crippen LogP contribution in [0.5, 0.6) is 0 Å². The van der Waals surface area contributed by atoms with E-state index in [1.165, 1.54) is 27.2 Å². The lowest BCUT2D eigenvalue weighted by Crippen LogP contribution is -2.42. The molecular weight excluding hydrogens is 386 g/mol. The Morgan fingerprint density at radius 3 is 2.29 bits per heavy atom. The molecular formula is C26H31N3O2. The Balaban J connectivity index is 1.24. The van der Waals surface area contributed by atoms with Gasteiger partial charge in [-0.05, 0) is 41.5 Å². The van der Waals surface area contributed by atoms with Crippen LogP contribution in [0.2, 0.25) is 0 Å². The molecule has 0 atom stereocenters. The van der Waals surface area contributed by atoms with Crippen LogP contribution in [0.25, 0.3) is 16.7 Å². The monoisotopic (exact) mass is 417 g/mol. The highest BCUT2D eigenvalue weighted by Gasteiger charge is 2.28. The number of hydrogen-bond acceptors (Lipinski definition) is 3. The van der Waals surface area contributed by atoms with Gasteiger partial charge in [0.1, 0.15) is 0 Å². The molecule has 0 aliphatic carbocycles. The first-order chi connectivity index (χ1) is 15.1. The second-order valence-electron chi connectivity index (χ2n) is 8.43. The first kappa shape index (κ1) is 21.3. The van der Waals surface area contributed by atoms with E-state index in [1.807, 2.05) is 6.07 Å². The molecule has 0 spiro atoms. The van der Waals surface area contributed by atoms with Crippen LogP contribution in [0, 0.1) is 0 Å². The Kier molecular flexibility index (Phi) is 6.82. The molecule has 2 aliphatic rings. The number of hydrogen-bond donors (Lipinski definition) is 0. The smallest absolute Gasteiger partial charge is 0.326 e. The Morgan fingerprint density at radius 1 is 0.935 bits per heavy atom. The molecule has 0 N–H and O–H groups in total. The molecule has 0 unspecified atom stereocenters. The summed E-state index contributed by atoms with van der Waals surface area (Å²) in [6.07, 6.45) is 5.58. The molecule has 2 aliphatic heterocycles. The van der Waals surface area contributed by atoms with Crippen LogP contribution in [-0.4, -0.2) is 66.4 Å². The fraction of sp³-hybridized carbons (Fsp3) is 0.385. The molecule has 5 heteroatoms. The summed E-state index contributed by atoms with van der Waals surface area (Å²) in [5, 5.41) is 0. The Hall–Kier alpha value is -2.92. The molecule has 2 aromatic carbocycles. The summed E-state index contributed by atoms with van der Waals surface area (Å²) in [6.45, 7) is 4.18. The molecule has 162 valence electrons. The average molecular weight is 418 g/mol. The molecule has 0 aromatic heterocycles. The van der Waals surface area contributed by atoms with Crippen LogP contribution >= 0.6 is 0 Å². The van der Waals surface area contributed by atoms with E-state index in [9.17, 15) is 9.59 Å². The van der Waals surface area contributed by atoms with Gasteiger partial charge in [0.05, 0.1) is 0 Å². The first-order valence-corrected chi connectivity index (χ1v) is 11.2. The number of imide groups is 1. The van der Waals surface area contributed by atoms with Gasteiger partial charge in [-0.15, -0.1) is 0 Å². The normalized spacial score (nSPS) is 17.0. The van der Waals surface area contributed by atoms with Crippen LogP contribution in [0.15, 0.2) is 60.7 Å². The van der Waals surface area contributed by atoms with E-state index in [2.05, 4.69) is 59.5 Å². The van der Waals surface area contributed by atoms with E-state index >= 15 is 0 Å². The van der Waals surface area contributed by atoms with Crippen molar-refractivity contribution in [3.05, 3.63) is 66.2 Å². The zero-order valence-corrected chi connectivity index (χ0v) is 18.3. The van der Waals surface area contributed by atoms with Crippen molar-refractivity contribution in [1.29, 1.82) is 0 Å². The quantitative estimate of drug-likeness (QED) is 0.695. The number of carbonyl (C=O) groups is 2. The average Bonchev–Trinajstić information content (AvgIpc) is 3.25. The van der Waals surface area contributed by atoms with Crippen LogP contribution in [0.1, 0.15) is 31.2 Å². The second kappa shape index (κ2) is 9.92. The van der Waals surface area contributed by atoms with Crippen LogP contribution < -0.4 is 0 Å². The minimum Gasteiger partial charge on any atom is -0.327 e. The molecule has 2 heterocycles. The van der Waals surface area contributed by atoms with E-state index in [-0.39, 0.29) is 11.9 Å². The number of rotatable bonds is 6. The van der Waals surface area contributed by atoms with Gasteiger partial charge in [-0.1, -0.05) is 60.7 Å². The highest BCUT2D eigenvalue weighted by molar-refractivity contribution is 5.95. The number of carbonyl (C=O) groups excluding carboxylic acids is 2. The summed E-state index contributed by atoms with van der Waals surface area (Å²) in [5.41, 5.74) is 5.21. The largest absolute Gasteiger partial charge is 0.327 e. The van der Waals surface area contributed by atoms with Crippen molar-refractivity contribution in [1.82, 2.24) is 14.7 Å². The van der Waals surface area contributed by atoms with Crippen molar-refractivity contribution >= 4 is 17.5 Å². The summed E-state index contributed by atoms with van der Waals surface area (Å²) in [5.74, 6) is -0.0395. The maximum Gasteiger partial charge on any atom is 0.326 e. The Labute approximate surface area is 184 Å². The maximum atomic E-state index is 12.4. The van der Waals surface area contributed by atoms with Gasteiger partial charge in [-0.2, -0.15) is 0 Å². The molecule has 5 nitrogen and oxygen atoms in total. The van der Waals surface area contributed by atoms with Crippen LogP contribution in [0.4, 0.5) is 4.79 Å². The van der Waals surface area contributed by atoms with Gasteiger partial charge in [-0.3, -0.25) is 14.6 Å². The van der Waals surface area contributed by atoms with Gasteiger partial charge in [-0.25, -0.2) is 4.79 Å². The van der Waals surface area contributed by atoms with Crippen molar-refractivity contribution in [3.63, 3.8) is 0 Å². The second-order valence-corrected chi connectivity index (χ2v) is 8.43. The summed E-state index contributed by atoms with van der Waals surface area (Å²) >= 11 is 0. The highest BCUT2D eigenvalue weighted by Crippen LogP contribution is 2.26. The third-order valence-electron chi connectivity index (χ3n) is 6.25. The molecule has 2 aromatic rings. The van der Waals surface area contributed by atoms with Crippen molar-refractivity contribution in [2.24, 2.45) is 0 Å². The summed E-state index contributed by atoms with van der Waals surface area (Å²) < 4.78 is 0. The predicted octanol–water partition coefficient (Wildman–Crippen LogP) is 4.51. The molecule has 3 amide bonds. The molecule has 31 heavy (non-hydrogen) atoms. The SMILES string of the molecule is CN(CCCN1CC=C(c2ccc(-c3ccccc3)cc2)CC1)C(=O)N1CCCC1=O. The van der Waals surface area contributed by atoms with Gasteiger partial charge in [0.2, 0.25) is 5.91 Å². The van der Waals surface area contributed by atoms with E-state index in [0.29, 0.717) is 19.5 Å². The number of amides is 3. The van der Waals surface area contributed by atoms with Crippen molar-refractivity contribution in [2.75, 3.05) is 39.8 Å². The lowest BCUT2D eigenvalue weighted by atomic mass is 9.96. The molecule has 0 saturated carbocycles. The van der Waals surface area contributed by atoms with Crippen LogP contribution in [-0.2, 0) is 4.79 Å². The number of urea groups is 1. The molecule has 0 radical (unpaired) electrons. The fourth-order valence-corrected chi connectivity index (χ4v) is 4.37. The Bertz CT molecular complexity index is 937. The predicted molar refractivity (Wildman–Crippen MR) is 125 cm³/mol. The highest BCUT2D eigenvalue weighted by atomic mass is 16.2. The number of benzene rings is 2. The molecule has 1 saturated heterocycles. The Morgan fingerprint density at radius 2 is 1.65 bits per heavy atom. The van der Waals surface area contributed by atoms with E-state index in [0.717, 1.165) is 38.9 Å². The van der Waals surface area contributed by atoms with E-state index < -0.39 is 0 Å². The lowest BCUT2D eigenvalue weighted by molar-refractivity contribution is -0.125. The van der Waals surface area contributed by atoms with Crippen molar-refractivity contribution in [2.45, 2.75) is 25.7 Å². The third-order valence-corrected chi connectivity index (χ3v) is 6.25. The lowest BCUT2D eigenvalue weighted by Gasteiger charge is -2.28. The minimum absolute atomic E-state index is 0.0395. The van der Waals surface area contributed by atoms with Crippen molar-refractivity contribution < 1.29 is 9.59 Å². The molecule has 1 fully saturated rings. The van der Waals surface area contributed by atoms with E-state index in [4.69, 9.17) is 0 Å². The fourth-order valence-electron chi connectivity index (χ4n) is 4.37. The maximum absolute atomic E-state index is 12.4. The van der Waals surface area contributed by atoms with E-state index in [1.54, 1.807) is 11.9 Å². The minimum atomic E-state index is -0.151. The summed E-state index contributed by atoms with van der Waals surface area (Å²) in [6, 6.07) is 19.2. The van der Waals surface area contributed by atoms with Gasteiger partial charge >= 0.3 is 6.03 Å². The van der Waals surface area contributed by atoms with Crippen molar-refractivity contribution in [3.8, 4) is 11.1 Å². The van der Waals surface area contributed by atoms with Gasteiger partial charge in [0.15, 0.2) is 0 Å². The van der Waals surface area contributed by atoms with Gasteiger partial charge in [0, 0.05) is 46.2 Å². The summed E-state index contributed by atoms with van der Waals surface area (Å²) in [7, 11) is 1.79. The summed E-state index contributed by atoms with van der Waals surface area (Å²) in [4.78, 5) is 29.6. The van der Waals surface area contributed by atoms with Gasteiger partial charge < -0.3 is 4.90 Å². The topological polar surface area (TPSA) is 43.9 Å². The third kappa shape index (κ3) is 5.23. The zero-order chi connectivity index (χ0) is 21.6. The van der Waals surface area contributed by atoms with Crippen LogP contribution in [0.3, 0.4) is 0 Å². The first-order valence-electron chi connectivity index (χ1n) is 11.2. The zero-order valence-electron chi connectivity index (χ0n) is 18.3. The molecule has 4 rings (SSSR count). The number of likely N-dealkylation sites (tertiary alicyclic amines) is 1. The molecule has 0 bridgehead atoms. The van der Waals surface area contributed by atoms with Gasteiger partial charge in [0.25, 0.3) is 0 Å². The number of nitrogens with zero attached hydrogens (tertiary/aromatic N) is 3. The standard InChI is InChI=1S/C26H31N3O2/c1-27(26(31)29-18-5-9-25(29)30)16-6-17-28-19-14-24(15-20-28)23-12-10-22(11-13-23)21-7-3-2-4-8-21/h2-4,7-8,10-14H,5-6,9,15-20H2,1H3.